The molecule has 1 aliphatic carbocycles. The zero-order valence-electron chi connectivity index (χ0n) is 12.2. The molecule has 0 aromatic heterocycles. The Kier molecular flexibility index (Phi) is 5.95. The molecule has 110 valence electrons. The topological polar surface area (TPSA) is 41.6 Å². The number of ether oxygens (including phenoxy) is 1. The van der Waals surface area contributed by atoms with E-state index in [0.29, 0.717) is 25.2 Å². The van der Waals surface area contributed by atoms with Gasteiger partial charge in [0.25, 0.3) is 0 Å². The van der Waals surface area contributed by atoms with E-state index in [4.69, 9.17) is 4.74 Å². The van der Waals surface area contributed by atoms with Crippen LogP contribution in [0.4, 0.5) is 4.79 Å². The first-order chi connectivity index (χ1) is 9.25. The van der Waals surface area contributed by atoms with Crippen molar-refractivity contribution in [3.63, 3.8) is 0 Å². The van der Waals surface area contributed by atoms with Crippen LogP contribution in [0.1, 0.15) is 51.9 Å². The molecule has 0 spiro atoms. The molecule has 2 rings (SSSR count). The molecule has 1 aliphatic heterocycles. The lowest BCUT2D eigenvalue weighted by molar-refractivity contribution is 0.0305. The normalized spacial score (nSPS) is 25.3. The Labute approximate surface area is 116 Å². The Hall–Kier alpha value is -0.770. The number of carbonyl (C=O) groups is 1. The van der Waals surface area contributed by atoms with Gasteiger partial charge in [0.15, 0.2) is 0 Å². The fourth-order valence-corrected chi connectivity index (χ4v) is 3.10. The van der Waals surface area contributed by atoms with Crippen LogP contribution >= 0.6 is 0 Å². The van der Waals surface area contributed by atoms with E-state index >= 15 is 0 Å². The summed E-state index contributed by atoms with van der Waals surface area (Å²) in [7, 11) is 0. The van der Waals surface area contributed by atoms with E-state index in [1.165, 1.54) is 38.5 Å². The van der Waals surface area contributed by atoms with Gasteiger partial charge in [-0.3, -0.25) is 0 Å². The molecule has 0 aromatic rings. The molecule has 4 nitrogen and oxygen atoms in total. The number of hydrogen-bond donors (Lipinski definition) is 1. The van der Waals surface area contributed by atoms with Crippen molar-refractivity contribution in [1.82, 2.24) is 10.2 Å². The molecule has 2 aliphatic rings. The van der Waals surface area contributed by atoms with E-state index < -0.39 is 0 Å². The van der Waals surface area contributed by atoms with Crippen LogP contribution in [-0.2, 0) is 4.74 Å². The highest BCUT2D eigenvalue weighted by Crippen LogP contribution is 2.20. The maximum atomic E-state index is 12.0. The SMILES string of the molecule is CC1CCCN(C(=O)NCCOC2CCCCC2)C1. The summed E-state index contributed by atoms with van der Waals surface area (Å²) in [6.07, 6.45) is 9.13. The standard InChI is InChI=1S/C15H28N2O2/c1-13-6-5-10-17(12-13)15(18)16-9-11-19-14-7-3-2-4-8-14/h13-14H,2-12H2,1H3,(H,16,18). The van der Waals surface area contributed by atoms with Crippen molar-refractivity contribution in [1.29, 1.82) is 0 Å². The Bertz CT molecular complexity index is 277. The zero-order chi connectivity index (χ0) is 13.5. The van der Waals surface area contributed by atoms with Crippen LogP contribution in [0.2, 0.25) is 0 Å². The molecular weight excluding hydrogens is 240 g/mol. The summed E-state index contributed by atoms with van der Waals surface area (Å²) in [5.41, 5.74) is 0. The molecule has 0 aromatic carbocycles. The largest absolute Gasteiger partial charge is 0.376 e. The molecule has 1 N–H and O–H groups in total. The van der Waals surface area contributed by atoms with E-state index in [1.807, 2.05) is 4.90 Å². The highest BCUT2D eigenvalue weighted by molar-refractivity contribution is 5.74. The quantitative estimate of drug-likeness (QED) is 0.797. The number of hydrogen-bond acceptors (Lipinski definition) is 2. The van der Waals surface area contributed by atoms with Crippen molar-refractivity contribution < 1.29 is 9.53 Å². The van der Waals surface area contributed by atoms with E-state index in [0.717, 1.165) is 19.5 Å². The van der Waals surface area contributed by atoms with Gasteiger partial charge in [0, 0.05) is 19.6 Å². The Morgan fingerprint density at radius 3 is 2.74 bits per heavy atom. The van der Waals surface area contributed by atoms with Crippen molar-refractivity contribution in [2.24, 2.45) is 5.92 Å². The number of rotatable bonds is 4. The maximum absolute atomic E-state index is 12.0. The molecule has 0 radical (unpaired) electrons. The van der Waals surface area contributed by atoms with E-state index in [9.17, 15) is 4.79 Å². The third-order valence-electron chi connectivity index (χ3n) is 4.23. The number of likely N-dealkylation sites (tertiary alicyclic amines) is 1. The van der Waals surface area contributed by atoms with Crippen LogP contribution in [0, 0.1) is 5.92 Å². The summed E-state index contributed by atoms with van der Waals surface area (Å²) in [5.74, 6) is 0.637. The van der Waals surface area contributed by atoms with Gasteiger partial charge in [0.2, 0.25) is 0 Å². The van der Waals surface area contributed by atoms with Gasteiger partial charge in [-0.15, -0.1) is 0 Å². The van der Waals surface area contributed by atoms with Gasteiger partial charge >= 0.3 is 6.03 Å². The molecule has 4 heteroatoms. The maximum Gasteiger partial charge on any atom is 0.317 e. The average molecular weight is 268 g/mol. The molecule has 1 atom stereocenters. The molecule has 0 bridgehead atoms. The summed E-state index contributed by atoms with van der Waals surface area (Å²) < 4.78 is 5.81. The number of piperidine rings is 1. The van der Waals surface area contributed by atoms with Gasteiger partial charge in [-0.05, 0) is 31.6 Å². The number of nitrogens with zero attached hydrogens (tertiary/aromatic N) is 1. The van der Waals surface area contributed by atoms with Gasteiger partial charge in [-0.1, -0.05) is 26.2 Å². The van der Waals surface area contributed by atoms with Gasteiger partial charge < -0.3 is 15.0 Å². The van der Waals surface area contributed by atoms with Crippen LogP contribution in [0.5, 0.6) is 0 Å². The van der Waals surface area contributed by atoms with E-state index in [-0.39, 0.29) is 6.03 Å². The minimum absolute atomic E-state index is 0.0822. The molecule has 1 heterocycles. The number of nitrogens with one attached hydrogen (secondary N) is 1. The summed E-state index contributed by atoms with van der Waals surface area (Å²) in [6.45, 7) is 5.31. The van der Waals surface area contributed by atoms with Crippen LogP contribution in [-0.4, -0.2) is 43.3 Å². The summed E-state index contributed by atoms with van der Waals surface area (Å²) in [5, 5.41) is 2.97. The Balaban J connectivity index is 1.55. The second-order valence-corrected chi connectivity index (χ2v) is 6.06. The van der Waals surface area contributed by atoms with E-state index in [1.54, 1.807) is 0 Å². The van der Waals surface area contributed by atoms with Crippen molar-refractivity contribution >= 4 is 6.03 Å². The lowest BCUT2D eigenvalue weighted by Gasteiger charge is -2.31. The van der Waals surface area contributed by atoms with Gasteiger partial charge in [-0.25, -0.2) is 4.79 Å². The molecule has 19 heavy (non-hydrogen) atoms. The molecule has 1 saturated heterocycles. The van der Waals surface area contributed by atoms with E-state index in [2.05, 4.69) is 12.2 Å². The number of carbonyl (C=O) groups excluding carboxylic acids is 1. The van der Waals surface area contributed by atoms with Crippen LogP contribution in [0.3, 0.4) is 0 Å². The third-order valence-corrected chi connectivity index (χ3v) is 4.23. The highest BCUT2D eigenvalue weighted by Gasteiger charge is 2.20. The van der Waals surface area contributed by atoms with Gasteiger partial charge in [0.05, 0.1) is 12.7 Å². The smallest absolute Gasteiger partial charge is 0.317 e. The monoisotopic (exact) mass is 268 g/mol. The Morgan fingerprint density at radius 2 is 2.00 bits per heavy atom. The van der Waals surface area contributed by atoms with Crippen molar-refractivity contribution in [2.45, 2.75) is 58.0 Å². The minimum Gasteiger partial charge on any atom is -0.376 e. The average Bonchev–Trinajstić information content (AvgIpc) is 2.44. The predicted molar refractivity (Wildman–Crippen MR) is 76.2 cm³/mol. The highest BCUT2D eigenvalue weighted by atomic mass is 16.5. The fourth-order valence-electron chi connectivity index (χ4n) is 3.10. The molecular formula is C15H28N2O2. The summed E-state index contributed by atoms with van der Waals surface area (Å²) >= 11 is 0. The molecule has 1 unspecified atom stereocenters. The van der Waals surface area contributed by atoms with Crippen molar-refractivity contribution in [3.05, 3.63) is 0 Å². The number of amides is 2. The third kappa shape index (κ3) is 5.01. The molecule has 1 saturated carbocycles. The first-order valence-corrected chi connectivity index (χ1v) is 7.90. The predicted octanol–water partition coefficient (Wildman–Crippen LogP) is 2.78. The zero-order valence-corrected chi connectivity index (χ0v) is 12.2. The van der Waals surface area contributed by atoms with Crippen molar-refractivity contribution in [3.8, 4) is 0 Å². The van der Waals surface area contributed by atoms with Crippen LogP contribution in [0.15, 0.2) is 0 Å². The Morgan fingerprint density at radius 1 is 1.21 bits per heavy atom. The molecule has 2 fully saturated rings. The minimum atomic E-state index is 0.0822. The van der Waals surface area contributed by atoms with Crippen LogP contribution < -0.4 is 5.32 Å². The van der Waals surface area contributed by atoms with Gasteiger partial charge in [0.1, 0.15) is 0 Å². The summed E-state index contributed by atoms with van der Waals surface area (Å²) in [4.78, 5) is 13.9. The van der Waals surface area contributed by atoms with Crippen molar-refractivity contribution in [2.75, 3.05) is 26.2 Å². The fraction of sp³-hybridized carbons (Fsp3) is 0.933. The lowest BCUT2D eigenvalue weighted by Crippen LogP contribution is -2.45. The second kappa shape index (κ2) is 7.73. The second-order valence-electron chi connectivity index (χ2n) is 6.06. The first kappa shape index (κ1) is 14.6. The lowest BCUT2D eigenvalue weighted by atomic mass is 9.98. The summed E-state index contributed by atoms with van der Waals surface area (Å²) in [6, 6.07) is 0.0822. The number of urea groups is 1. The molecule has 2 amide bonds. The van der Waals surface area contributed by atoms with Crippen LogP contribution in [0.25, 0.3) is 0 Å². The first-order valence-electron chi connectivity index (χ1n) is 7.90. The van der Waals surface area contributed by atoms with Gasteiger partial charge in [-0.2, -0.15) is 0 Å².